The van der Waals surface area contributed by atoms with Crippen molar-refractivity contribution in [2.24, 2.45) is 7.05 Å². The summed E-state index contributed by atoms with van der Waals surface area (Å²) in [6.45, 7) is 2.01. The molecule has 5 heteroatoms. The number of pyridine rings is 1. The largest absolute Gasteiger partial charge is 0.255 e. The van der Waals surface area contributed by atoms with E-state index in [0.717, 1.165) is 23.1 Å². The number of aryl methyl sites for hydroxylation is 2. The predicted molar refractivity (Wildman–Crippen MR) is 71.1 cm³/mol. The van der Waals surface area contributed by atoms with Gasteiger partial charge in [-0.2, -0.15) is 5.10 Å². The summed E-state index contributed by atoms with van der Waals surface area (Å²) in [6.07, 6.45) is 2.47. The zero-order valence-corrected chi connectivity index (χ0v) is 10.8. The minimum Gasteiger partial charge on any atom is -0.255 e. The Morgan fingerprint density at radius 1 is 1.32 bits per heavy atom. The van der Waals surface area contributed by atoms with E-state index >= 15 is 0 Å². The van der Waals surface area contributed by atoms with Crippen LogP contribution in [0.5, 0.6) is 0 Å². The monoisotopic (exact) mass is 256 g/mol. The van der Waals surface area contributed by atoms with Gasteiger partial charge in [0, 0.05) is 25.1 Å². The van der Waals surface area contributed by atoms with Gasteiger partial charge in [-0.3, -0.25) is 9.67 Å². The van der Waals surface area contributed by atoms with Crippen LogP contribution in [0.15, 0.2) is 30.5 Å². The molecule has 0 N–H and O–H groups in total. The standard InChI is InChI=1S/C14H13FN4/c1-3-12-17-14(18-19(12)2)11-8-10(15)7-9-5-4-6-16-13(9)11/h4-8H,3H2,1-2H3. The second-order valence-electron chi connectivity index (χ2n) is 4.36. The third kappa shape index (κ3) is 1.97. The zero-order valence-electron chi connectivity index (χ0n) is 10.8. The van der Waals surface area contributed by atoms with Gasteiger partial charge in [0.15, 0.2) is 5.82 Å². The van der Waals surface area contributed by atoms with Crippen LogP contribution in [0.1, 0.15) is 12.7 Å². The van der Waals surface area contributed by atoms with E-state index in [4.69, 9.17) is 0 Å². The van der Waals surface area contributed by atoms with Crippen LogP contribution in [0.3, 0.4) is 0 Å². The molecule has 0 unspecified atom stereocenters. The minimum atomic E-state index is -0.305. The van der Waals surface area contributed by atoms with Crippen molar-refractivity contribution in [3.63, 3.8) is 0 Å². The molecule has 96 valence electrons. The quantitative estimate of drug-likeness (QED) is 0.708. The number of aromatic nitrogens is 4. The fraction of sp³-hybridized carbons (Fsp3) is 0.214. The van der Waals surface area contributed by atoms with Gasteiger partial charge in [-0.25, -0.2) is 9.37 Å². The van der Waals surface area contributed by atoms with Crippen LogP contribution >= 0.6 is 0 Å². The van der Waals surface area contributed by atoms with E-state index in [1.54, 1.807) is 16.9 Å². The molecule has 2 aromatic heterocycles. The lowest BCUT2D eigenvalue weighted by atomic mass is 10.1. The van der Waals surface area contributed by atoms with Gasteiger partial charge in [0.2, 0.25) is 0 Å². The van der Waals surface area contributed by atoms with E-state index in [9.17, 15) is 4.39 Å². The summed E-state index contributed by atoms with van der Waals surface area (Å²) in [5, 5.41) is 5.09. The lowest BCUT2D eigenvalue weighted by Crippen LogP contribution is -1.96. The molecule has 0 aliphatic heterocycles. The van der Waals surface area contributed by atoms with Crippen molar-refractivity contribution >= 4 is 10.9 Å². The Bertz CT molecular complexity index is 748. The summed E-state index contributed by atoms with van der Waals surface area (Å²) in [5.74, 6) is 1.08. The van der Waals surface area contributed by atoms with E-state index in [1.165, 1.54) is 12.1 Å². The van der Waals surface area contributed by atoms with Crippen molar-refractivity contribution in [3.8, 4) is 11.4 Å². The molecule has 0 fully saturated rings. The molecule has 0 atom stereocenters. The molecule has 3 rings (SSSR count). The lowest BCUT2D eigenvalue weighted by molar-refractivity contribution is 0.630. The number of hydrogen-bond donors (Lipinski definition) is 0. The Hall–Kier alpha value is -2.30. The first-order valence-corrected chi connectivity index (χ1v) is 6.13. The molecule has 0 aliphatic rings. The van der Waals surface area contributed by atoms with Crippen LogP contribution in [0.25, 0.3) is 22.3 Å². The molecule has 1 aromatic carbocycles. The maximum atomic E-state index is 13.7. The smallest absolute Gasteiger partial charge is 0.183 e. The van der Waals surface area contributed by atoms with Crippen molar-refractivity contribution < 1.29 is 4.39 Å². The van der Waals surface area contributed by atoms with Gasteiger partial charge in [0.25, 0.3) is 0 Å². The minimum absolute atomic E-state index is 0.305. The third-order valence-corrected chi connectivity index (χ3v) is 3.08. The summed E-state index contributed by atoms with van der Waals surface area (Å²) in [6, 6.07) is 6.52. The van der Waals surface area contributed by atoms with Crippen molar-refractivity contribution in [3.05, 3.63) is 42.1 Å². The highest BCUT2D eigenvalue weighted by molar-refractivity contribution is 5.91. The number of fused-ring (bicyclic) bond motifs is 1. The van der Waals surface area contributed by atoms with Crippen molar-refractivity contribution in [1.82, 2.24) is 19.7 Å². The maximum Gasteiger partial charge on any atom is 0.183 e. The average Bonchev–Trinajstić information content (AvgIpc) is 2.79. The Morgan fingerprint density at radius 2 is 2.16 bits per heavy atom. The lowest BCUT2D eigenvalue weighted by Gasteiger charge is -2.02. The fourth-order valence-corrected chi connectivity index (χ4v) is 2.16. The highest BCUT2D eigenvalue weighted by Gasteiger charge is 2.13. The van der Waals surface area contributed by atoms with Gasteiger partial charge in [0.1, 0.15) is 11.6 Å². The van der Waals surface area contributed by atoms with Crippen molar-refractivity contribution in [2.45, 2.75) is 13.3 Å². The van der Waals surface area contributed by atoms with E-state index in [1.807, 2.05) is 20.0 Å². The van der Waals surface area contributed by atoms with E-state index < -0.39 is 0 Å². The number of benzene rings is 1. The van der Waals surface area contributed by atoms with Gasteiger partial charge in [-0.1, -0.05) is 13.0 Å². The number of halogens is 1. The first kappa shape index (κ1) is 11.8. The van der Waals surface area contributed by atoms with Crippen LogP contribution in [-0.4, -0.2) is 19.7 Å². The Kier molecular flexibility index (Phi) is 2.74. The van der Waals surface area contributed by atoms with Gasteiger partial charge in [0.05, 0.1) is 11.1 Å². The Balaban J connectivity index is 2.28. The highest BCUT2D eigenvalue weighted by Crippen LogP contribution is 2.26. The van der Waals surface area contributed by atoms with Gasteiger partial charge in [-0.15, -0.1) is 0 Å². The molecule has 0 saturated carbocycles. The van der Waals surface area contributed by atoms with Crippen molar-refractivity contribution in [2.75, 3.05) is 0 Å². The summed E-state index contributed by atoms with van der Waals surface area (Å²) in [7, 11) is 1.84. The maximum absolute atomic E-state index is 13.7. The zero-order chi connectivity index (χ0) is 13.4. The summed E-state index contributed by atoms with van der Waals surface area (Å²) in [5.41, 5.74) is 1.35. The van der Waals surface area contributed by atoms with E-state index in [0.29, 0.717) is 11.4 Å². The molecule has 0 amide bonds. The predicted octanol–water partition coefficient (Wildman–Crippen LogP) is 2.73. The molecule has 0 aliphatic carbocycles. The number of nitrogens with zero attached hydrogens (tertiary/aromatic N) is 4. The molecule has 0 radical (unpaired) electrons. The summed E-state index contributed by atoms with van der Waals surface area (Å²) in [4.78, 5) is 8.74. The molecule has 0 saturated heterocycles. The molecule has 0 spiro atoms. The molecule has 4 nitrogen and oxygen atoms in total. The Morgan fingerprint density at radius 3 is 2.89 bits per heavy atom. The third-order valence-electron chi connectivity index (χ3n) is 3.08. The van der Waals surface area contributed by atoms with Crippen LogP contribution in [0.4, 0.5) is 4.39 Å². The van der Waals surface area contributed by atoms with E-state index in [2.05, 4.69) is 15.1 Å². The van der Waals surface area contributed by atoms with Gasteiger partial charge < -0.3 is 0 Å². The summed E-state index contributed by atoms with van der Waals surface area (Å²) >= 11 is 0. The fourth-order valence-electron chi connectivity index (χ4n) is 2.16. The topological polar surface area (TPSA) is 43.6 Å². The molecule has 19 heavy (non-hydrogen) atoms. The molecule has 0 bridgehead atoms. The second-order valence-corrected chi connectivity index (χ2v) is 4.36. The normalized spacial score (nSPS) is 11.1. The molecule has 3 aromatic rings. The number of hydrogen-bond acceptors (Lipinski definition) is 3. The SMILES string of the molecule is CCc1nc(-c2cc(F)cc3cccnc23)nn1C. The average molecular weight is 256 g/mol. The second kappa shape index (κ2) is 4.42. The number of rotatable bonds is 2. The van der Waals surface area contributed by atoms with Gasteiger partial charge >= 0.3 is 0 Å². The van der Waals surface area contributed by atoms with Crippen LogP contribution in [-0.2, 0) is 13.5 Å². The molecular formula is C14H13FN4. The molecular weight excluding hydrogens is 243 g/mol. The van der Waals surface area contributed by atoms with Crippen LogP contribution in [0.2, 0.25) is 0 Å². The summed E-state index contributed by atoms with van der Waals surface area (Å²) < 4.78 is 15.4. The van der Waals surface area contributed by atoms with Crippen LogP contribution < -0.4 is 0 Å². The van der Waals surface area contributed by atoms with Gasteiger partial charge in [-0.05, 0) is 18.2 Å². The highest BCUT2D eigenvalue weighted by atomic mass is 19.1. The first-order valence-electron chi connectivity index (χ1n) is 6.13. The van der Waals surface area contributed by atoms with E-state index in [-0.39, 0.29) is 5.82 Å². The molecule has 2 heterocycles. The first-order chi connectivity index (χ1) is 9.19. The van der Waals surface area contributed by atoms with Crippen molar-refractivity contribution in [1.29, 1.82) is 0 Å². The van der Waals surface area contributed by atoms with Crippen LogP contribution in [0, 0.1) is 5.82 Å². The Labute approximate surface area is 109 Å².